The zero-order chi connectivity index (χ0) is 29.1. The highest BCUT2D eigenvalue weighted by atomic mass is 16.5. The molecule has 2 aromatic rings. The fraction of sp³-hybridized carbons (Fsp3) is 0.455. The lowest BCUT2D eigenvalue weighted by atomic mass is 9.95. The van der Waals surface area contributed by atoms with Crippen molar-refractivity contribution in [3.05, 3.63) is 77.1 Å². The van der Waals surface area contributed by atoms with Crippen LogP contribution in [0.25, 0.3) is 6.08 Å². The molecule has 0 radical (unpaired) electrons. The van der Waals surface area contributed by atoms with Gasteiger partial charge in [-0.05, 0) is 74.7 Å². The number of nitrogens with zero attached hydrogens (tertiary/aromatic N) is 2. The van der Waals surface area contributed by atoms with Crippen molar-refractivity contribution in [2.24, 2.45) is 5.92 Å². The molecule has 1 heterocycles. The predicted molar refractivity (Wildman–Crippen MR) is 160 cm³/mol. The van der Waals surface area contributed by atoms with Crippen molar-refractivity contribution >= 4 is 17.8 Å². The van der Waals surface area contributed by atoms with Gasteiger partial charge < -0.3 is 24.4 Å². The molecule has 0 saturated carbocycles. The van der Waals surface area contributed by atoms with Crippen LogP contribution >= 0.6 is 0 Å². The number of hydrogen-bond acceptors (Lipinski definition) is 6. The molecule has 0 saturated heterocycles. The first-order valence-corrected chi connectivity index (χ1v) is 14.4. The topological polar surface area (TPSA) is 79.3 Å². The highest BCUT2D eigenvalue weighted by Gasteiger charge is 2.43. The van der Waals surface area contributed by atoms with Crippen molar-refractivity contribution in [2.75, 3.05) is 39.4 Å². The van der Waals surface area contributed by atoms with Crippen molar-refractivity contribution in [3.8, 4) is 11.5 Å². The summed E-state index contributed by atoms with van der Waals surface area (Å²) in [6.45, 7) is 14.5. The van der Waals surface area contributed by atoms with Gasteiger partial charge in [-0.3, -0.25) is 9.59 Å². The molecule has 216 valence electrons. The Kier molecular flexibility index (Phi) is 11.8. The minimum Gasteiger partial charge on any atom is -0.503 e. The largest absolute Gasteiger partial charge is 0.503 e. The molecule has 0 fully saturated rings. The lowest BCUT2D eigenvalue weighted by molar-refractivity contribution is -0.129. The molecule has 1 unspecified atom stereocenters. The van der Waals surface area contributed by atoms with Gasteiger partial charge in [0.2, 0.25) is 0 Å². The van der Waals surface area contributed by atoms with Crippen LogP contribution < -0.4 is 9.47 Å². The van der Waals surface area contributed by atoms with E-state index in [9.17, 15) is 14.7 Å². The van der Waals surface area contributed by atoms with Crippen molar-refractivity contribution in [2.45, 2.75) is 53.5 Å². The van der Waals surface area contributed by atoms with Crippen LogP contribution in [0.5, 0.6) is 11.5 Å². The number of aliphatic hydroxyl groups is 1. The highest BCUT2D eigenvalue weighted by Crippen LogP contribution is 2.41. The number of rotatable bonds is 16. The summed E-state index contributed by atoms with van der Waals surface area (Å²) in [5.74, 6) is 0.254. The first kappa shape index (κ1) is 31.0. The molecule has 1 atom stereocenters. The van der Waals surface area contributed by atoms with Crippen molar-refractivity contribution in [1.29, 1.82) is 0 Å². The Bertz CT molecular complexity index is 1180. The number of hydrogen-bond donors (Lipinski definition) is 1. The molecule has 0 aromatic heterocycles. The van der Waals surface area contributed by atoms with Crippen LogP contribution in [0.15, 0.2) is 65.9 Å². The van der Waals surface area contributed by atoms with Gasteiger partial charge in [-0.15, -0.1) is 0 Å². The first-order valence-electron chi connectivity index (χ1n) is 14.4. The molecule has 0 spiro atoms. The van der Waals surface area contributed by atoms with Crippen LogP contribution in [0.4, 0.5) is 0 Å². The number of ether oxygens (including phenoxy) is 2. The van der Waals surface area contributed by atoms with E-state index in [0.717, 1.165) is 31.6 Å². The second-order valence-electron chi connectivity index (χ2n) is 10.3. The smallest absolute Gasteiger partial charge is 0.290 e. The Labute approximate surface area is 239 Å². The van der Waals surface area contributed by atoms with E-state index in [4.69, 9.17) is 9.47 Å². The van der Waals surface area contributed by atoms with E-state index >= 15 is 0 Å². The zero-order valence-electron chi connectivity index (χ0n) is 24.6. The molecule has 1 amide bonds. The van der Waals surface area contributed by atoms with E-state index in [2.05, 4.69) is 32.6 Å². The maximum atomic E-state index is 13.5. The molecule has 1 aliphatic rings. The van der Waals surface area contributed by atoms with Crippen LogP contribution in [0.1, 0.15) is 64.6 Å². The lowest BCUT2D eigenvalue weighted by Gasteiger charge is -2.28. The molecule has 0 bridgehead atoms. The highest BCUT2D eigenvalue weighted by molar-refractivity contribution is 6.14. The van der Waals surface area contributed by atoms with Crippen LogP contribution in [-0.2, 0) is 9.59 Å². The lowest BCUT2D eigenvalue weighted by Crippen LogP contribution is -2.34. The SMILES string of the molecule is CCOc1cc(C2C(C(=O)C=Cc3ccccc3)=C(O)C(=O)N2CCCN(CC)CC)ccc1OCCC(C)C. The summed E-state index contributed by atoms with van der Waals surface area (Å²) in [5.41, 5.74) is 1.63. The Morgan fingerprint density at radius 2 is 1.77 bits per heavy atom. The van der Waals surface area contributed by atoms with Crippen LogP contribution in [-0.4, -0.2) is 66.0 Å². The molecular weight excluding hydrogens is 504 g/mol. The summed E-state index contributed by atoms with van der Waals surface area (Å²) in [6, 6.07) is 14.2. The molecule has 7 nitrogen and oxygen atoms in total. The summed E-state index contributed by atoms with van der Waals surface area (Å²) in [5, 5.41) is 11.0. The predicted octanol–water partition coefficient (Wildman–Crippen LogP) is 6.22. The van der Waals surface area contributed by atoms with Gasteiger partial charge in [0.1, 0.15) is 0 Å². The zero-order valence-corrected chi connectivity index (χ0v) is 24.6. The minimum absolute atomic E-state index is 0.0796. The van der Waals surface area contributed by atoms with Gasteiger partial charge in [0, 0.05) is 6.54 Å². The van der Waals surface area contributed by atoms with E-state index in [0.29, 0.717) is 49.2 Å². The van der Waals surface area contributed by atoms with Crippen molar-refractivity contribution in [1.82, 2.24) is 9.80 Å². The Balaban J connectivity index is 1.97. The molecule has 1 N–H and O–H groups in total. The number of carbonyl (C=O) groups is 2. The molecule has 7 heteroatoms. The summed E-state index contributed by atoms with van der Waals surface area (Å²) >= 11 is 0. The molecule has 0 aliphatic carbocycles. The normalized spacial score (nSPS) is 15.6. The van der Waals surface area contributed by atoms with Crippen LogP contribution in [0, 0.1) is 5.92 Å². The third kappa shape index (κ3) is 7.98. The minimum atomic E-state index is -0.735. The monoisotopic (exact) mass is 548 g/mol. The number of amides is 1. The van der Waals surface area contributed by atoms with Gasteiger partial charge in [-0.2, -0.15) is 0 Å². The van der Waals surface area contributed by atoms with Gasteiger partial charge in [0.25, 0.3) is 5.91 Å². The second kappa shape index (κ2) is 15.3. The average molecular weight is 549 g/mol. The average Bonchev–Trinajstić information content (AvgIpc) is 3.20. The van der Waals surface area contributed by atoms with Gasteiger partial charge >= 0.3 is 0 Å². The fourth-order valence-electron chi connectivity index (χ4n) is 4.80. The molecular formula is C33H44N2O5. The van der Waals surface area contributed by atoms with Gasteiger partial charge in [0.05, 0.1) is 24.8 Å². The molecule has 40 heavy (non-hydrogen) atoms. The van der Waals surface area contributed by atoms with Crippen molar-refractivity contribution < 1.29 is 24.2 Å². The number of benzene rings is 2. The summed E-state index contributed by atoms with van der Waals surface area (Å²) in [4.78, 5) is 30.8. The Hall–Kier alpha value is -3.58. The van der Waals surface area contributed by atoms with E-state index in [1.54, 1.807) is 11.0 Å². The fourth-order valence-corrected chi connectivity index (χ4v) is 4.80. The summed E-state index contributed by atoms with van der Waals surface area (Å²) in [7, 11) is 0. The van der Waals surface area contributed by atoms with Gasteiger partial charge in [-0.1, -0.05) is 70.2 Å². The van der Waals surface area contributed by atoms with E-state index in [-0.39, 0.29) is 5.57 Å². The molecule has 3 rings (SSSR count). The summed E-state index contributed by atoms with van der Waals surface area (Å²) < 4.78 is 11.9. The third-order valence-corrected chi connectivity index (χ3v) is 7.10. The molecule has 1 aliphatic heterocycles. The Morgan fingerprint density at radius 3 is 2.42 bits per heavy atom. The summed E-state index contributed by atoms with van der Waals surface area (Å²) in [6.07, 6.45) is 4.75. The molecule has 2 aromatic carbocycles. The number of allylic oxidation sites excluding steroid dienone is 1. The maximum Gasteiger partial charge on any atom is 0.290 e. The van der Waals surface area contributed by atoms with Gasteiger partial charge in [-0.25, -0.2) is 0 Å². The third-order valence-electron chi connectivity index (χ3n) is 7.10. The first-order chi connectivity index (χ1) is 19.3. The standard InChI is InChI=1S/C33H44N2O5/c1-6-34(7-2)20-12-21-35-31(26-16-18-28(29(23-26)39-8-3)40-22-19-24(4)5)30(32(37)33(35)38)27(36)17-15-25-13-10-9-11-14-25/h9-11,13-18,23-24,31,37H,6-8,12,19-22H2,1-5H3. The van der Waals surface area contributed by atoms with Gasteiger partial charge in [0.15, 0.2) is 23.0 Å². The number of ketones is 1. The van der Waals surface area contributed by atoms with E-state index in [1.807, 2.05) is 55.5 Å². The van der Waals surface area contributed by atoms with E-state index < -0.39 is 23.5 Å². The van der Waals surface area contributed by atoms with E-state index in [1.165, 1.54) is 6.08 Å². The number of aliphatic hydroxyl groups excluding tert-OH is 1. The van der Waals surface area contributed by atoms with Crippen molar-refractivity contribution in [3.63, 3.8) is 0 Å². The second-order valence-corrected chi connectivity index (χ2v) is 10.3. The maximum absolute atomic E-state index is 13.5. The van der Waals surface area contributed by atoms with Crippen LogP contribution in [0.3, 0.4) is 0 Å². The number of carbonyl (C=O) groups excluding carboxylic acids is 2. The Morgan fingerprint density at radius 1 is 1.05 bits per heavy atom. The quantitative estimate of drug-likeness (QED) is 0.251. The van der Waals surface area contributed by atoms with Crippen LogP contribution in [0.2, 0.25) is 0 Å².